The number of amides is 1. The van der Waals surface area contributed by atoms with E-state index in [0.717, 1.165) is 42.7 Å². The molecule has 1 heterocycles. The van der Waals surface area contributed by atoms with Crippen LogP contribution in [-0.4, -0.2) is 42.2 Å². The average Bonchev–Trinajstić information content (AvgIpc) is 2.82. The molecule has 110 valence electrons. The van der Waals surface area contributed by atoms with Gasteiger partial charge in [-0.05, 0) is 50.3 Å². The van der Waals surface area contributed by atoms with Crippen molar-refractivity contribution >= 4 is 11.6 Å². The number of likely N-dealkylation sites (tertiary alicyclic amines) is 1. The van der Waals surface area contributed by atoms with Crippen molar-refractivity contribution in [2.75, 3.05) is 31.6 Å². The van der Waals surface area contributed by atoms with Crippen LogP contribution < -0.4 is 5.32 Å². The number of nitrogens with one attached hydrogen (secondary N) is 1. The van der Waals surface area contributed by atoms with E-state index in [1.807, 2.05) is 32.0 Å². The lowest BCUT2D eigenvalue weighted by Crippen LogP contribution is -2.32. The molecule has 0 bridgehead atoms. The number of rotatable bonds is 5. The minimum Gasteiger partial charge on any atom is -0.396 e. The SMILES string of the molecule is Cc1cccc(C)c1NC(=O)CN1CCC(CCO)C1. The molecule has 1 unspecified atom stereocenters. The number of aliphatic hydroxyl groups is 1. The standard InChI is InChI=1S/C16H24N2O2/c1-12-4-3-5-13(2)16(12)17-15(20)11-18-8-6-14(10-18)7-9-19/h3-5,14,19H,6-11H2,1-2H3,(H,17,20). The summed E-state index contributed by atoms with van der Waals surface area (Å²) in [7, 11) is 0. The van der Waals surface area contributed by atoms with Gasteiger partial charge in [0.2, 0.25) is 5.91 Å². The molecule has 2 rings (SSSR count). The number of hydrogen-bond donors (Lipinski definition) is 2. The van der Waals surface area contributed by atoms with Crippen molar-refractivity contribution in [3.8, 4) is 0 Å². The van der Waals surface area contributed by atoms with Gasteiger partial charge in [0.1, 0.15) is 0 Å². The summed E-state index contributed by atoms with van der Waals surface area (Å²) in [6.45, 7) is 6.57. The summed E-state index contributed by atoms with van der Waals surface area (Å²) in [5.41, 5.74) is 3.12. The van der Waals surface area contributed by atoms with E-state index in [9.17, 15) is 4.79 Å². The van der Waals surface area contributed by atoms with Gasteiger partial charge in [0.05, 0.1) is 6.54 Å². The van der Waals surface area contributed by atoms with Crippen LogP contribution in [0.2, 0.25) is 0 Å². The molecule has 4 heteroatoms. The lowest BCUT2D eigenvalue weighted by Gasteiger charge is -2.17. The molecule has 20 heavy (non-hydrogen) atoms. The average molecular weight is 276 g/mol. The number of nitrogens with zero attached hydrogens (tertiary/aromatic N) is 1. The van der Waals surface area contributed by atoms with Crippen LogP contribution in [0.1, 0.15) is 24.0 Å². The lowest BCUT2D eigenvalue weighted by molar-refractivity contribution is -0.117. The van der Waals surface area contributed by atoms with E-state index >= 15 is 0 Å². The Kier molecular flexibility index (Phi) is 5.15. The largest absolute Gasteiger partial charge is 0.396 e. The van der Waals surface area contributed by atoms with Gasteiger partial charge < -0.3 is 10.4 Å². The van der Waals surface area contributed by atoms with Crippen molar-refractivity contribution in [1.29, 1.82) is 0 Å². The molecule has 1 aliphatic rings. The van der Waals surface area contributed by atoms with Crippen LogP contribution in [0.4, 0.5) is 5.69 Å². The van der Waals surface area contributed by atoms with E-state index in [4.69, 9.17) is 5.11 Å². The Bertz CT molecular complexity index is 453. The number of anilines is 1. The van der Waals surface area contributed by atoms with Crippen LogP contribution in [0.3, 0.4) is 0 Å². The molecule has 0 aromatic heterocycles. The second-order valence-corrected chi connectivity index (χ2v) is 5.72. The molecule has 0 spiro atoms. The van der Waals surface area contributed by atoms with E-state index in [-0.39, 0.29) is 12.5 Å². The van der Waals surface area contributed by atoms with Crippen LogP contribution in [0.15, 0.2) is 18.2 Å². The van der Waals surface area contributed by atoms with Gasteiger partial charge >= 0.3 is 0 Å². The maximum Gasteiger partial charge on any atom is 0.238 e. The number of carbonyl (C=O) groups is 1. The van der Waals surface area contributed by atoms with Crippen LogP contribution in [-0.2, 0) is 4.79 Å². The van der Waals surface area contributed by atoms with Crippen LogP contribution >= 0.6 is 0 Å². The first-order valence-corrected chi connectivity index (χ1v) is 7.29. The number of aryl methyl sites for hydroxylation is 2. The maximum absolute atomic E-state index is 12.1. The van der Waals surface area contributed by atoms with E-state index in [2.05, 4.69) is 10.2 Å². The van der Waals surface area contributed by atoms with Crippen LogP contribution in [0.25, 0.3) is 0 Å². The Morgan fingerprint density at radius 1 is 1.40 bits per heavy atom. The first-order chi connectivity index (χ1) is 9.60. The second-order valence-electron chi connectivity index (χ2n) is 5.72. The maximum atomic E-state index is 12.1. The predicted molar refractivity (Wildman–Crippen MR) is 80.8 cm³/mol. The van der Waals surface area contributed by atoms with Crippen molar-refractivity contribution in [1.82, 2.24) is 4.90 Å². The summed E-state index contributed by atoms with van der Waals surface area (Å²) in [5.74, 6) is 0.583. The number of aliphatic hydroxyl groups excluding tert-OH is 1. The molecule has 1 atom stereocenters. The van der Waals surface area contributed by atoms with Gasteiger partial charge in [0.15, 0.2) is 0 Å². The highest BCUT2D eigenvalue weighted by atomic mass is 16.3. The highest BCUT2D eigenvalue weighted by Gasteiger charge is 2.23. The summed E-state index contributed by atoms with van der Waals surface area (Å²) in [4.78, 5) is 14.3. The Labute approximate surface area is 120 Å². The zero-order chi connectivity index (χ0) is 14.5. The topological polar surface area (TPSA) is 52.6 Å². The number of carbonyl (C=O) groups excluding carboxylic acids is 1. The summed E-state index contributed by atoms with van der Waals surface area (Å²) in [5, 5.41) is 12.0. The molecule has 4 nitrogen and oxygen atoms in total. The molecule has 1 aromatic rings. The molecule has 1 aromatic carbocycles. The summed E-state index contributed by atoms with van der Waals surface area (Å²) in [6, 6.07) is 6.02. The van der Waals surface area contributed by atoms with E-state index < -0.39 is 0 Å². The van der Waals surface area contributed by atoms with Gasteiger partial charge in [-0.2, -0.15) is 0 Å². The van der Waals surface area contributed by atoms with E-state index in [0.29, 0.717) is 12.5 Å². The number of benzene rings is 1. The summed E-state index contributed by atoms with van der Waals surface area (Å²) >= 11 is 0. The fourth-order valence-electron chi connectivity index (χ4n) is 2.87. The minimum atomic E-state index is 0.0482. The molecule has 1 fully saturated rings. The second kappa shape index (κ2) is 6.86. The van der Waals surface area contributed by atoms with E-state index in [1.54, 1.807) is 0 Å². The molecular weight excluding hydrogens is 252 g/mol. The van der Waals surface area contributed by atoms with Gasteiger partial charge in [-0.3, -0.25) is 9.69 Å². The van der Waals surface area contributed by atoms with Gasteiger partial charge in [0, 0.05) is 18.8 Å². The van der Waals surface area contributed by atoms with Crippen LogP contribution in [0.5, 0.6) is 0 Å². The Morgan fingerprint density at radius 3 is 2.75 bits per heavy atom. The van der Waals surface area contributed by atoms with Gasteiger partial charge in [-0.1, -0.05) is 18.2 Å². The molecule has 1 saturated heterocycles. The van der Waals surface area contributed by atoms with Crippen LogP contribution in [0, 0.1) is 19.8 Å². The highest BCUT2D eigenvalue weighted by Crippen LogP contribution is 2.21. The molecule has 0 radical (unpaired) electrons. The van der Waals surface area contributed by atoms with Gasteiger partial charge in [0.25, 0.3) is 0 Å². The zero-order valence-electron chi connectivity index (χ0n) is 12.4. The summed E-state index contributed by atoms with van der Waals surface area (Å²) in [6.07, 6.45) is 1.92. The number of hydrogen-bond acceptors (Lipinski definition) is 3. The fraction of sp³-hybridized carbons (Fsp3) is 0.562. The number of para-hydroxylation sites is 1. The van der Waals surface area contributed by atoms with Gasteiger partial charge in [-0.15, -0.1) is 0 Å². The smallest absolute Gasteiger partial charge is 0.238 e. The van der Waals surface area contributed by atoms with Crippen molar-refractivity contribution in [3.63, 3.8) is 0 Å². The third kappa shape index (κ3) is 3.81. The van der Waals surface area contributed by atoms with Crippen molar-refractivity contribution in [2.45, 2.75) is 26.7 Å². The normalized spacial score (nSPS) is 19.2. The minimum absolute atomic E-state index is 0.0482. The lowest BCUT2D eigenvalue weighted by atomic mass is 10.1. The molecular formula is C16H24N2O2. The molecule has 0 saturated carbocycles. The molecule has 2 N–H and O–H groups in total. The Balaban J connectivity index is 1.87. The first-order valence-electron chi connectivity index (χ1n) is 7.29. The Hall–Kier alpha value is -1.39. The Morgan fingerprint density at radius 2 is 2.10 bits per heavy atom. The summed E-state index contributed by atoms with van der Waals surface area (Å²) < 4.78 is 0. The van der Waals surface area contributed by atoms with Crippen molar-refractivity contribution < 1.29 is 9.90 Å². The van der Waals surface area contributed by atoms with Crippen molar-refractivity contribution in [2.24, 2.45) is 5.92 Å². The zero-order valence-corrected chi connectivity index (χ0v) is 12.4. The molecule has 0 aliphatic carbocycles. The molecule has 1 amide bonds. The fourth-order valence-corrected chi connectivity index (χ4v) is 2.87. The van der Waals surface area contributed by atoms with Gasteiger partial charge in [-0.25, -0.2) is 0 Å². The van der Waals surface area contributed by atoms with Crippen molar-refractivity contribution in [3.05, 3.63) is 29.3 Å². The quantitative estimate of drug-likeness (QED) is 0.864. The third-order valence-electron chi connectivity index (χ3n) is 4.02. The van der Waals surface area contributed by atoms with E-state index in [1.165, 1.54) is 0 Å². The molecule has 1 aliphatic heterocycles. The highest BCUT2D eigenvalue weighted by molar-refractivity contribution is 5.93. The monoisotopic (exact) mass is 276 g/mol. The first kappa shape index (κ1) is 15.0. The third-order valence-corrected chi connectivity index (χ3v) is 4.02. The predicted octanol–water partition coefficient (Wildman–Crippen LogP) is 1.95.